The monoisotopic (exact) mass is 487 g/mol. The summed E-state index contributed by atoms with van der Waals surface area (Å²) in [6.07, 6.45) is 1.26. The number of rotatable bonds is 12. The van der Waals surface area contributed by atoms with Crippen molar-refractivity contribution in [3.63, 3.8) is 0 Å². The smallest absolute Gasteiger partial charge is 0.303 e. The van der Waals surface area contributed by atoms with Crippen molar-refractivity contribution < 1.29 is 24.5 Å². The Morgan fingerprint density at radius 1 is 1.12 bits per heavy atom. The number of aromatic hydroxyl groups is 1. The van der Waals surface area contributed by atoms with Crippen molar-refractivity contribution in [3.05, 3.63) is 64.7 Å². The predicted molar refractivity (Wildman–Crippen MR) is 139 cm³/mol. The van der Waals surface area contributed by atoms with Gasteiger partial charge in [0.05, 0.1) is 12.7 Å². The molecule has 0 spiro atoms. The molecule has 0 fully saturated rings. The zero-order valence-corrected chi connectivity index (χ0v) is 22.4. The van der Waals surface area contributed by atoms with E-state index in [1.165, 1.54) is 0 Å². The van der Waals surface area contributed by atoms with Crippen molar-refractivity contribution >= 4 is 14.3 Å². The summed E-state index contributed by atoms with van der Waals surface area (Å²) in [4.78, 5) is 10.9. The molecule has 0 bridgehead atoms. The summed E-state index contributed by atoms with van der Waals surface area (Å²) in [5, 5.41) is 32.2. The second-order valence-corrected chi connectivity index (χ2v) is 15.4. The largest absolute Gasteiger partial charge is 0.508 e. The van der Waals surface area contributed by atoms with Crippen LogP contribution in [0.15, 0.2) is 42.5 Å². The fraction of sp³-hybridized carbons (Fsp3) is 0.519. The number of nitrogens with one attached hydrogen (secondary N) is 1. The van der Waals surface area contributed by atoms with Gasteiger partial charge in [-0.3, -0.25) is 4.79 Å². The number of carbonyl (C=O) groups is 1. The molecule has 0 radical (unpaired) electrons. The van der Waals surface area contributed by atoms with Crippen molar-refractivity contribution in [2.75, 3.05) is 6.54 Å². The minimum atomic E-state index is -2.08. The van der Waals surface area contributed by atoms with Crippen molar-refractivity contribution in [1.29, 1.82) is 0 Å². The number of aliphatic hydroxyl groups is 1. The molecule has 0 saturated heterocycles. The lowest BCUT2D eigenvalue weighted by molar-refractivity contribution is -0.136. The third-order valence-corrected chi connectivity index (χ3v) is 11.2. The van der Waals surface area contributed by atoms with Gasteiger partial charge in [0, 0.05) is 24.6 Å². The summed E-state index contributed by atoms with van der Waals surface area (Å²) in [6.45, 7) is 13.6. The van der Waals surface area contributed by atoms with Crippen LogP contribution in [-0.2, 0) is 28.7 Å². The van der Waals surface area contributed by atoms with Crippen LogP contribution in [-0.4, -0.2) is 42.2 Å². The van der Waals surface area contributed by atoms with Crippen LogP contribution in [0.2, 0.25) is 18.1 Å². The minimum absolute atomic E-state index is 0.0456. The normalized spacial score (nSPS) is 14.1. The van der Waals surface area contributed by atoms with E-state index in [4.69, 9.17) is 9.53 Å². The topological polar surface area (TPSA) is 99.0 Å². The van der Waals surface area contributed by atoms with E-state index in [1.807, 2.05) is 24.3 Å². The standard InChI is InChI=1S/C27H41NO5Si/c1-19(14-21-9-7-8-20(15-21)10-13-26(31)32)28-17-25(33-34(5,6)27(2,3)4)22-11-12-24(30)23(16-22)18-29/h7-9,11-12,15-16,19,25,28-30H,10,13-14,17-18H2,1-6H3,(H,31,32)/t19-,25+/m1/s1. The summed E-state index contributed by atoms with van der Waals surface area (Å²) in [7, 11) is -2.08. The van der Waals surface area contributed by atoms with E-state index in [0.29, 0.717) is 18.5 Å². The molecule has 0 heterocycles. The summed E-state index contributed by atoms with van der Waals surface area (Å²) < 4.78 is 6.76. The number of hydrogen-bond acceptors (Lipinski definition) is 5. The van der Waals surface area contributed by atoms with Gasteiger partial charge in [-0.1, -0.05) is 51.1 Å². The Morgan fingerprint density at radius 2 is 1.79 bits per heavy atom. The van der Waals surface area contributed by atoms with Gasteiger partial charge in [0.15, 0.2) is 8.32 Å². The van der Waals surface area contributed by atoms with Crippen molar-refractivity contribution in [2.24, 2.45) is 0 Å². The molecule has 4 N–H and O–H groups in total. The van der Waals surface area contributed by atoms with Crippen LogP contribution in [0.25, 0.3) is 0 Å². The number of aliphatic carboxylic acids is 1. The van der Waals surface area contributed by atoms with Gasteiger partial charge in [0.1, 0.15) is 5.75 Å². The maximum absolute atomic E-state index is 10.9. The third-order valence-electron chi connectivity index (χ3n) is 6.70. The van der Waals surface area contributed by atoms with Gasteiger partial charge >= 0.3 is 5.97 Å². The number of phenols is 1. The lowest BCUT2D eigenvalue weighted by Crippen LogP contribution is -2.44. The quantitative estimate of drug-likeness (QED) is 0.308. The van der Waals surface area contributed by atoms with E-state index in [1.54, 1.807) is 6.07 Å². The van der Waals surface area contributed by atoms with E-state index in [9.17, 15) is 15.0 Å². The van der Waals surface area contributed by atoms with Gasteiger partial charge in [-0.2, -0.15) is 0 Å². The van der Waals surface area contributed by atoms with Gasteiger partial charge in [-0.05, 0) is 66.7 Å². The van der Waals surface area contributed by atoms with Crippen LogP contribution in [0.4, 0.5) is 0 Å². The summed E-state index contributed by atoms with van der Waals surface area (Å²) in [5.74, 6) is -0.701. The fourth-order valence-electron chi connectivity index (χ4n) is 3.59. The first-order valence-corrected chi connectivity index (χ1v) is 14.9. The summed E-state index contributed by atoms with van der Waals surface area (Å²) in [5.41, 5.74) is 3.62. The molecular formula is C27H41NO5Si. The van der Waals surface area contributed by atoms with Crippen molar-refractivity contribution in [1.82, 2.24) is 5.32 Å². The average Bonchev–Trinajstić information content (AvgIpc) is 2.75. The number of aliphatic hydroxyl groups excluding tert-OH is 1. The molecule has 7 heteroatoms. The zero-order valence-electron chi connectivity index (χ0n) is 21.4. The number of aryl methyl sites for hydroxylation is 1. The second kappa shape index (κ2) is 12.0. The molecule has 0 amide bonds. The number of carboxylic acid groups (broad SMARTS) is 1. The first kappa shape index (κ1) is 28.0. The minimum Gasteiger partial charge on any atom is -0.508 e. The molecule has 2 aromatic rings. The van der Waals surface area contributed by atoms with Gasteiger partial charge in [0.25, 0.3) is 0 Å². The lowest BCUT2D eigenvalue weighted by Gasteiger charge is -2.40. The van der Waals surface area contributed by atoms with Crippen LogP contribution in [0.5, 0.6) is 5.75 Å². The van der Waals surface area contributed by atoms with Gasteiger partial charge in [0.2, 0.25) is 0 Å². The Hall–Kier alpha value is -2.19. The second-order valence-electron chi connectivity index (χ2n) is 10.6. The Kier molecular flexibility index (Phi) is 9.88. The SMILES string of the molecule is C[C@H](Cc1cccc(CCC(=O)O)c1)NC[C@H](O[Si](C)(C)C(C)(C)C)c1ccc(O)c(CO)c1. The molecule has 34 heavy (non-hydrogen) atoms. The number of hydrogen-bond donors (Lipinski definition) is 4. The highest BCUT2D eigenvalue weighted by molar-refractivity contribution is 6.74. The zero-order chi connectivity index (χ0) is 25.5. The Bertz CT molecular complexity index is 954. The Balaban J connectivity index is 2.14. The Labute approximate surface area is 205 Å². The first-order valence-electron chi connectivity index (χ1n) is 12.0. The highest BCUT2D eigenvalue weighted by Gasteiger charge is 2.39. The van der Waals surface area contributed by atoms with E-state index >= 15 is 0 Å². The molecule has 188 valence electrons. The Morgan fingerprint density at radius 3 is 2.41 bits per heavy atom. The summed E-state index contributed by atoms with van der Waals surface area (Å²) in [6, 6.07) is 13.6. The lowest BCUT2D eigenvalue weighted by atomic mass is 10.0. The molecule has 0 aliphatic rings. The first-order chi connectivity index (χ1) is 15.8. The molecule has 6 nitrogen and oxygen atoms in total. The maximum atomic E-state index is 10.9. The van der Waals surface area contributed by atoms with E-state index in [2.05, 4.69) is 58.2 Å². The molecule has 2 atom stereocenters. The van der Waals surface area contributed by atoms with E-state index in [0.717, 1.165) is 23.1 Å². The maximum Gasteiger partial charge on any atom is 0.303 e. The molecule has 0 aliphatic heterocycles. The molecule has 2 aromatic carbocycles. The van der Waals surface area contributed by atoms with Gasteiger partial charge in [-0.25, -0.2) is 0 Å². The fourth-order valence-corrected chi connectivity index (χ4v) is 4.87. The molecule has 0 aliphatic carbocycles. The molecule has 0 saturated carbocycles. The number of carboxylic acids is 1. The molecular weight excluding hydrogens is 446 g/mol. The van der Waals surface area contributed by atoms with Crippen LogP contribution in [0.3, 0.4) is 0 Å². The summed E-state index contributed by atoms with van der Waals surface area (Å²) >= 11 is 0. The molecule has 0 unspecified atom stereocenters. The third kappa shape index (κ3) is 8.23. The van der Waals surface area contributed by atoms with Crippen LogP contribution < -0.4 is 5.32 Å². The van der Waals surface area contributed by atoms with E-state index < -0.39 is 14.3 Å². The average molecular weight is 488 g/mol. The number of benzene rings is 2. The van der Waals surface area contributed by atoms with Gasteiger partial charge < -0.3 is 25.1 Å². The van der Waals surface area contributed by atoms with Crippen LogP contribution in [0, 0.1) is 0 Å². The highest BCUT2D eigenvalue weighted by Crippen LogP contribution is 2.40. The van der Waals surface area contributed by atoms with Crippen molar-refractivity contribution in [3.8, 4) is 5.75 Å². The molecule has 0 aromatic heterocycles. The van der Waals surface area contributed by atoms with Crippen molar-refractivity contribution in [2.45, 2.75) is 83.8 Å². The van der Waals surface area contributed by atoms with E-state index in [-0.39, 0.29) is 36.0 Å². The molecule has 2 rings (SSSR count). The van der Waals surface area contributed by atoms with Crippen LogP contribution in [0.1, 0.15) is 62.5 Å². The predicted octanol–water partition coefficient (Wildman–Crippen LogP) is 5.19. The van der Waals surface area contributed by atoms with Crippen LogP contribution >= 0.6 is 0 Å². The van der Waals surface area contributed by atoms with Gasteiger partial charge in [-0.15, -0.1) is 0 Å². The highest BCUT2D eigenvalue weighted by atomic mass is 28.4.